The summed E-state index contributed by atoms with van der Waals surface area (Å²) in [5.74, 6) is 0. The Morgan fingerprint density at radius 3 is 2.82 bits per heavy atom. The van der Waals surface area contributed by atoms with Crippen LogP contribution >= 0.6 is 11.3 Å². The van der Waals surface area contributed by atoms with Crippen LogP contribution in [0.3, 0.4) is 0 Å². The van der Waals surface area contributed by atoms with E-state index in [0.717, 1.165) is 5.69 Å². The molecule has 1 N–H and O–H groups in total. The third-order valence-corrected chi connectivity index (χ3v) is 4.25. The molecule has 0 radical (unpaired) electrons. The predicted octanol–water partition coefficient (Wildman–Crippen LogP) is 3.72. The van der Waals surface area contributed by atoms with Gasteiger partial charge in [-0.25, -0.2) is 4.99 Å². The molecule has 2 aromatic rings. The quantitative estimate of drug-likeness (QED) is 0.809. The lowest BCUT2D eigenvalue weighted by Crippen LogP contribution is -2.23. The molecule has 0 aliphatic carbocycles. The number of benzene rings is 1. The highest BCUT2D eigenvalue weighted by atomic mass is 32.1. The van der Waals surface area contributed by atoms with Crippen molar-refractivity contribution >= 4 is 23.4 Å². The van der Waals surface area contributed by atoms with Gasteiger partial charge in [-0.1, -0.05) is 18.2 Å². The van der Waals surface area contributed by atoms with Crippen molar-refractivity contribution in [3.8, 4) is 0 Å². The summed E-state index contributed by atoms with van der Waals surface area (Å²) >= 11 is 1.86. The number of aryl methyl sites for hydroxylation is 2. The molecular formula is C14H14N2S. The van der Waals surface area contributed by atoms with Gasteiger partial charge >= 0.3 is 0 Å². The molecule has 17 heavy (non-hydrogen) atoms. The Balaban J connectivity index is 2.11. The second-order valence-corrected chi connectivity index (χ2v) is 5.61. The van der Waals surface area contributed by atoms with Gasteiger partial charge in [0.1, 0.15) is 0 Å². The highest BCUT2D eigenvalue weighted by Gasteiger charge is 2.21. The van der Waals surface area contributed by atoms with Crippen LogP contribution in [0, 0.1) is 13.8 Å². The van der Waals surface area contributed by atoms with E-state index in [0.29, 0.717) is 0 Å². The van der Waals surface area contributed by atoms with Crippen LogP contribution in [-0.2, 0) is 0 Å². The summed E-state index contributed by atoms with van der Waals surface area (Å²) in [5.41, 5.74) is 3.69. The lowest BCUT2D eigenvalue weighted by molar-refractivity contribution is 0.772. The molecule has 1 aromatic heterocycles. The number of para-hydroxylation sites is 1. The van der Waals surface area contributed by atoms with Crippen molar-refractivity contribution in [1.29, 1.82) is 0 Å². The number of fused-ring (bicyclic) bond motifs is 1. The van der Waals surface area contributed by atoms with Crippen molar-refractivity contribution < 1.29 is 0 Å². The summed E-state index contributed by atoms with van der Waals surface area (Å²) in [7, 11) is 0. The van der Waals surface area contributed by atoms with Gasteiger partial charge in [0.25, 0.3) is 0 Å². The van der Waals surface area contributed by atoms with E-state index in [-0.39, 0.29) is 6.04 Å². The van der Waals surface area contributed by atoms with Crippen molar-refractivity contribution in [2.45, 2.75) is 19.9 Å². The van der Waals surface area contributed by atoms with Crippen molar-refractivity contribution in [2.75, 3.05) is 0 Å². The van der Waals surface area contributed by atoms with Gasteiger partial charge in [0, 0.05) is 15.3 Å². The maximum absolute atomic E-state index is 4.37. The van der Waals surface area contributed by atoms with E-state index in [9.17, 15) is 0 Å². The molecule has 3 rings (SSSR count). The number of nitrogens with zero attached hydrogens (tertiary/aromatic N) is 1. The number of rotatable bonds is 1. The van der Waals surface area contributed by atoms with Crippen LogP contribution in [0.4, 0.5) is 5.69 Å². The molecule has 0 saturated heterocycles. The third kappa shape index (κ3) is 1.76. The van der Waals surface area contributed by atoms with E-state index in [2.05, 4.69) is 48.4 Å². The summed E-state index contributed by atoms with van der Waals surface area (Å²) in [6.07, 6.45) is 1.81. The maximum Gasteiger partial charge on any atom is 0.0894 e. The normalized spacial score (nSPS) is 17.6. The number of nitrogens with one attached hydrogen (secondary N) is 1. The van der Waals surface area contributed by atoms with Gasteiger partial charge in [0.05, 0.1) is 18.1 Å². The van der Waals surface area contributed by atoms with Crippen LogP contribution in [0.2, 0.25) is 0 Å². The first kappa shape index (κ1) is 10.5. The van der Waals surface area contributed by atoms with E-state index in [1.807, 2.05) is 23.7 Å². The second-order valence-electron chi connectivity index (χ2n) is 4.32. The summed E-state index contributed by atoms with van der Waals surface area (Å²) in [6, 6.07) is 10.8. The average molecular weight is 242 g/mol. The molecule has 0 bridgehead atoms. The predicted molar refractivity (Wildman–Crippen MR) is 73.4 cm³/mol. The van der Waals surface area contributed by atoms with Gasteiger partial charge < -0.3 is 5.32 Å². The monoisotopic (exact) mass is 242 g/mol. The van der Waals surface area contributed by atoms with E-state index in [1.165, 1.54) is 20.9 Å². The summed E-state index contributed by atoms with van der Waals surface area (Å²) < 4.78 is 0. The Hall–Kier alpha value is -1.61. The van der Waals surface area contributed by atoms with Gasteiger partial charge in [-0.15, -0.1) is 11.3 Å². The Kier molecular flexibility index (Phi) is 2.48. The van der Waals surface area contributed by atoms with Crippen molar-refractivity contribution in [3.63, 3.8) is 0 Å². The van der Waals surface area contributed by atoms with Crippen LogP contribution < -0.4 is 5.32 Å². The molecule has 0 fully saturated rings. The minimum Gasteiger partial charge on any atom is -0.364 e. The Morgan fingerprint density at radius 2 is 2.06 bits per heavy atom. The highest BCUT2D eigenvalue weighted by molar-refractivity contribution is 7.12. The minimum absolute atomic E-state index is 0.252. The first-order valence-electron chi connectivity index (χ1n) is 5.70. The van der Waals surface area contributed by atoms with Gasteiger partial charge in [0.2, 0.25) is 0 Å². The topological polar surface area (TPSA) is 24.4 Å². The van der Waals surface area contributed by atoms with Crippen LogP contribution in [-0.4, -0.2) is 6.34 Å². The molecule has 1 atom stereocenters. The molecule has 0 amide bonds. The summed E-state index contributed by atoms with van der Waals surface area (Å²) in [5, 5.41) is 3.36. The van der Waals surface area contributed by atoms with Crippen molar-refractivity contribution in [1.82, 2.24) is 5.32 Å². The lowest BCUT2D eigenvalue weighted by Gasteiger charge is -2.22. The SMILES string of the molecule is Cc1cc(C)c(C2NC=Nc3ccccc32)s1. The van der Waals surface area contributed by atoms with E-state index in [1.54, 1.807) is 0 Å². The lowest BCUT2D eigenvalue weighted by atomic mass is 10.0. The minimum atomic E-state index is 0.252. The molecule has 1 aliphatic heterocycles. The van der Waals surface area contributed by atoms with Gasteiger partial charge in [-0.3, -0.25) is 0 Å². The molecule has 3 heteroatoms. The largest absolute Gasteiger partial charge is 0.364 e. The summed E-state index contributed by atoms with van der Waals surface area (Å²) in [4.78, 5) is 7.12. The zero-order valence-electron chi connectivity index (χ0n) is 9.90. The number of hydrogen-bond acceptors (Lipinski definition) is 3. The Bertz CT molecular complexity index is 584. The fraction of sp³-hybridized carbons (Fsp3) is 0.214. The van der Waals surface area contributed by atoms with Crippen LogP contribution in [0.5, 0.6) is 0 Å². The Morgan fingerprint density at radius 1 is 1.24 bits per heavy atom. The molecule has 1 aromatic carbocycles. The summed E-state index contributed by atoms with van der Waals surface area (Å²) in [6.45, 7) is 4.33. The number of thiophene rings is 1. The van der Waals surface area contributed by atoms with Crippen LogP contribution in [0.1, 0.15) is 26.9 Å². The maximum atomic E-state index is 4.37. The molecular weight excluding hydrogens is 228 g/mol. The smallest absolute Gasteiger partial charge is 0.0894 e. The van der Waals surface area contributed by atoms with E-state index in [4.69, 9.17) is 0 Å². The molecule has 2 heterocycles. The van der Waals surface area contributed by atoms with Crippen LogP contribution in [0.15, 0.2) is 35.3 Å². The second kappa shape index (κ2) is 4.00. The van der Waals surface area contributed by atoms with Gasteiger partial charge in [0.15, 0.2) is 0 Å². The van der Waals surface area contributed by atoms with Crippen molar-refractivity contribution in [2.24, 2.45) is 4.99 Å². The molecule has 0 saturated carbocycles. The first-order valence-corrected chi connectivity index (χ1v) is 6.52. The third-order valence-electron chi connectivity index (χ3n) is 3.03. The highest BCUT2D eigenvalue weighted by Crippen LogP contribution is 2.37. The first-order chi connectivity index (χ1) is 8.25. The molecule has 1 aliphatic rings. The number of aliphatic imine (C=N–C) groups is 1. The fourth-order valence-electron chi connectivity index (χ4n) is 2.28. The van der Waals surface area contributed by atoms with Crippen molar-refractivity contribution in [3.05, 3.63) is 51.2 Å². The molecule has 2 nitrogen and oxygen atoms in total. The fourth-order valence-corrected chi connectivity index (χ4v) is 3.40. The van der Waals surface area contributed by atoms with E-state index >= 15 is 0 Å². The number of hydrogen-bond donors (Lipinski definition) is 1. The zero-order chi connectivity index (χ0) is 11.8. The average Bonchev–Trinajstić information content (AvgIpc) is 2.68. The van der Waals surface area contributed by atoms with Gasteiger partial charge in [-0.05, 0) is 31.5 Å². The van der Waals surface area contributed by atoms with Gasteiger partial charge in [-0.2, -0.15) is 0 Å². The molecule has 1 unspecified atom stereocenters. The zero-order valence-corrected chi connectivity index (χ0v) is 10.7. The molecule has 86 valence electrons. The van der Waals surface area contributed by atoms with Crippen LogP contribution in [0.25, 0.3) is 0 Å². The van der Waals surface area contributed by atoms with E-state index < -0.39 is 0 Å². The standard InChI is InChI=1S/C14H14N2S/c1-9-7-10(2)17-14(9)13-11-5-3-4-6-12(11)15-8-16-13/h3-8,13H,1-2H3,(H,15,16). The Labute approximate surface area is 105 Å². The molecule has 0 spiro atoms.